The lowest BCUT2D eigenvalue weighted by Crippen LogP contribution is -2.23. The zero-order chi connectivity index (χ0) is 19.3. The zero-order valence-electron chi connectivity index (χ0n) is 14.9. The predicted octanol–water partition coefficient (Wildman–Crippen LogP) is 4.00. The van der Waals surface area contributed by atoms with Crippen molar-refractivity contribution in [1.82, 2.24) is 20.1 Å². The number of halogens is 1. The Morgan fingerprint density at radius 1 is 1.00 bits per heavy atom. The number of amides is 1. The second-order valence-electron chi connectivity index (χ2n) is 6.21. The van der Waals surface area contributed by atoms with E-state index < -0.39 is 0 Å². The summed E-state index contributed by atoms with van der Waals surface area (Å²) in [6.07, 6.45) is 3.37. The molecule has 4 aromatic rings. The lowest BCUT2D eigenvalue weighted by atomic mass is 10.2. The van der Waals surface area contributed by atoms with Gasteiger partial charge in [-0.25, -0.2) is 9.07 Å². The summed E-state index contributed by atoms with van der Waals surface area (Å²) >= 11 is 0. The first-order valence-electron chi connectivity index (χ1n) is 8.79. The molecule has 0 aliphatic rings. The van der Waals surface area contributed by atoms with Gasteiger partial charge in [0.2, 0.25) is 0 Å². The molecule has 0 aliphatic carbocycles. The molecule has 0 atom stereocenters. The molecule has 2 heterocycles. The maximum atomic E-state index is 13.3. The lowest BCUT2D eigenvalue weighted by Gasteiger charge is -2.07. The number of hydrogen-bond acceptors (Lipinski definition) is 3. The quantitative estimate of drug-likeness (QED) is 0.576. The summed E-state index contributed by atoms with van der Waals surface area (Å²) in [5, 5.41) is 7.33. The second-order valence-corrected chi connectivity index (χ2v) is 6.21. The van der Waals surface area contributed by atoms with Crippen LogP contribution in [0.3, 0.4) is 0 Å². The number of rotatable bonds is 5. The molecule has 0 fully saturated rings. The minimum atomic E-state index is -0.334. The summed E-state index contributed by atoms with van der Waals surface area (Å²) in [6, 6.07) is 21.0. The van der Waals surface area contributed by atoms with Gasteiger partial charge < -0.3 is 5.32 Å². The minimum absolute atomic E-state index is 0.277. The van der Waals surface area contributed by atoms with Gasteiger partial charge in [-0.2, -0.15) is 5.10 Å². The number of carbonyl (C=O) groups excluding carboxylic acids is 1. The minimum Gasteiger partial charge on any atom is -0.347 e. The zero-order valence-corrected chi connectivity index (χ0v) is 14.9. The van der Waals surface area contributed by atoms with Crippen molar-refractivity contribution in [2.45, 2.75) is 6.54 Å². The van der Waals surface area contributed by atoms with E-state index in [2.05, 4.69) is 15.4 Å². The largest absolute Gasteiger partial charge is 0.347 e. The molecule has 138 valence electrons. The van der Waals surface area contributed by atoms with Crippen LogP contribution in [0.2, 0.25) is 0 Å². The molecular formula is C22H17FN4O. The number of pyridine rings is 1. The average Bonchev–Trinajstić information content (AvgIpc) is 3.19. The van der Waals surface area contributed by atoms with Gasteiger partial charge in [-0.1, -0.05) is 30.3 Å². The van der Waals surface area contributed by atoms with E-state index in [9.17, 15) is 9.18 Å². The molecule has 6 heteroatoms. The molecule has 0 bridgehead atoms. The normalized spacial score (nSPS) is 10.6. The highest BCUT2D eigenvalue weighted by Crippen LogP contribution is 2.23. The third kappa shape index (κ3) is 3.81. The maximum absolute atomic E-state index is 13.3. The first kappa shape index (κ1) is 17.6. The summed E-state index contributed by atoms with van der Waals surface area (Å²) in [5.41, 5.74) is 3.44. The summed E-state index contributed by atoms with van der Waals surface area (Å²) in [6.45, 7) is 0.408. The molecule has 5 nitrogen and oxygen atoms in total. The van der Waals surface area contributed by atoms with Crippen LogP contribution < -0.4 is 5.32 Å². The average molecular weight is 372 g/mol. The summed E-state index contributed by atoms with van der Waals surface area (Å²) in [4.78, 5) is 16.8. The van der Waals surface area contributed by atoms with E-state index in [1.54, 1.807) is 35.3 Å². The highest BCUT2D eigenvalue weighted by molar-refractivity contribution is 5.93. The molecule has 0 saturated carbocycles. The fourth-order valence-electron chi connectivity index (χ4n) is 2.86. The number of benzene rings is 2. The highest BCUT2D eigenvalue weighted by Gasteiger charge is 2.17. The Bertz CT molecular complexity index is 1080. The molecule has 2 aromatic carbocycles. The van der Waals surface area contributed by atoms with E-state index in [-0.39, 0.29) is 17.4 Å². The molecule has 0 unspecified atom stereocenters. The van der Waals surface area contributed by atoms with Crippen molar-refractivity contribution >= 4 is 5.91 Å². The van der Waals surface area contributed by atoms with Crippen LogP contribution in [-0.2, 0) is 6.54 Å². The number of hydrogen-bond donors (Lipinski definition) is 1. The molecule has 0 saturated heterocycles. The van der Waals surface area contributed by atoms with E-state index in [0.29, 0.717) is 17.9 Å². The van der Waals surface area contributed by atoms with E-state index in [0.717, 1.165) is 11.1 Å². The standard InChI is InChI=1S/C22H17FN4O/c23-18-8-10-19(11-9-18)27-21(17-7-4-12-24-15-17)13-20(26-27)22(28)25-14-16-5-2-1-3-6-16/h1-13,15H,14H2,(H,25,28). The van der Waals surface area contributed by atoms with Gasteiger partial charge >= 0.3 is 0 Å². The van der Waals surface area contributed by atoms with Crippen molar-refractivity contribution < 1.29 is 9.18 Å². The van der Waals surface area contributed by atoms with E-state index in [4.69, 9.17) is 0 Å². The smallest absolute Gasteiger partial charge is 0.272 e. The summed E-state index contributed by atoms with van der Waals surface area (Å²) in [7, 11) is 0. The number of carbonyl (C=O) groups is 1. The molecule has 28 heavy (non-hydrogen) atoms. The van der Waals surface area contributed by atoms with Crippen LogP contribution in [0.4, 0.5) is 4.39 Å². The van der Waals surface area contributed by atoms with Crippen LogP contribution >= 0.6 is 0 Å². The Labute approximate surface area is 161 Å². The molecular weight excluding hydrogens is 355 g/mol. The van der Waals surface area contributed by atoms with Gasteiger partial charge in [0.15, 0.2) is 5.69 Å². The summed E-state index contributed by atoms with van der Waals surface area (Å²) < 4.78 is 14.9. The first-order chi connectivity index (χ1) is 13.7. The fraction of sp³-hybridized carbons (Fsp3) is 0.0455. The topological polar surface area (TPSA) is 59.8 Å². The van der Waals surface area contributed by atoms with Gasteiger partial charge in [-0.05, 0) is 48.0 Å². The van der Waals surface area contributed by atoms with Gasteiger partial charge in [-0.3, -0.25) is 9.78 Å². The van der Waals surface area contributed by atoms with Crippen LogP contribution in [0.25, 0.3) is 16.9 Å². The van der Waals surface area contributed by atoms with Crippen molar-refractivity contribution in [1.29, 1.82) is 0 Å². The van der Waals surface area contributed by atoms with Crippen LogP contribution in [0.1, 0.15) is 16.1 Å². The van der Waals surface area contributed by atoms with Crippen LogP contribution in [0.15, 0.2) is 85.2 Å². The molecule has 0 radical (unpaired) electrons. The Morgan fingerprint density at radius 2 is 1.79 bits per heavy atom. The van der Waals surface area contributed by atoms with Crippen molar-refractivity contribution in [3.8, 4) is 16.9 Å². The summed E-state index contributed by atoms with van der Waals surface area (Å²) in [5.74, 6) is -0.616. The number of aromatic nitrogens is 3. The SMILES string of the molecule is O=C(NCc1ccccc1)c1cc(-c2cccnc2)n(-c2ccc(F)cc2)n1. The van der Waals surface area contributed by atoms with Gasteiger partial charge in [0.25, 0.3) is 5.91 Å². The van der Waals surface area contributed by atoms with E-state index >= 15 is 0 Å². The first-order valence-corrected chi connectivity index (χ1v) is 8.79. The van der Waals surface area contributed by atoms with E-state index in [1.165, 1.54) is 12.1 Å². The van der Waals surface area contributed by atoms with Gasteiger partial charge in [0, 0.05) is 24.5 Å². The van der Waals surface area contributed by atoms with Crippen molar-refractivity contribution in [3.63, 3.8) is 0 Å². The van der Waals surface area contributed by atoms with Crippen LogP contribution in [0.5, 0.6) is 0 Å². The van der Waals surface area contributed by atoms with Crippen molar-refractivity contribution in [2.24, 2.45) is 0 Å². The van der Waals surface area contributed by atoms with Gasteiger partial charge in [0.1, 0.15) is 5.82 Å². The monoisotopic (exact) mass is 372 g/mol. The van der Waals surface area contributed by atoms with Crippen LogP contribution in [-0.4, -0.2) is 20.7 Å². The number of nitrogens with zero attached hydrogens (tertiary/aromatic N) is 3. The maximum Gasteiger partial charge on any atom is 0.272 e. The van der Waals surface area contributed by atoms with Gasteiger partial charge in [-0.15, -0.1) is 0 Å². The predicted molar refractivity (Wildman–Crippen MR) is 104 cm³/mol. The Hall–Kier alpha value is -3.80. The Kier molecular flexibility index (Phi) is 4.93. The Balaban J connectivity index is 1.66. The molecule has 1 amide bonds. The Morgan fingerprint density at radius 3 is 2.50 bits per heavy atom. The fourth-order valence-corrected chi connectivity index (χ4v) is 2.86. The van der Waals surface area contributed by atoms with Gasteiger partial charge in [0.05, 0.1) is 11.4 Å². The molecule has 0 aliphatic heterocycles. The molecule has 1 N–H and O–H groups in total. The second kappa shape index (κ2) is 7.84. The van der Waals surface area contributed by atoms with Crippen LogP contribution in [0, 0.1) is 5.82 Å². The highest BCUT2D eigenvalue weighted by atomic mass is 19.1. The lowest BCUT2D eigenvalue weighted by molar-refractivity contribution is 0.0945. The molecule has 4 rings (SSSR count). The van der Waals surface area contributed by atoms with Crippen molar-refractivity contribution in [2.75, 3.05) is 0 Å². The number of nitrogens with one attached hydrogen (secondary N) is 1. The molecule has 0 spiro atoms. The van der Waals surface area contributed by atoms with Crippen molar-refractivity contribution in [3.05, 3.63) is 102 Å². The molecule has 2 aromatic heterocycles. The third-order valence-electron chi connectivity index (χ3n) is 4.27. The van der Waals surface area contributed by atoms with E-state index in [1.807, 2.05) is 42.5 Å². The third-order valence-corrected chi connectivity index (χ3v) is 4.27.